The predicted molar refractivity (Wildman–Crippen MR) is 69.1 cm³/mol. The van der Waals surface area contributed by atoms with Crippen LogP contribution in [-0.4, -0.2) is 23.5 Å². The first kappa shape index (κ1) is 15.1. The molecule has 0 aliphatic rings. The minimum atomic E-state index is -1.00. The Morgan fingerprint density at radius 3 is 2.37 bits per heavy atom. The molecule has 0 aliphatic carbocycles. The average Bonchev–Trinajstić information content (AvgIpc) is 2.30. The number of carboxylic acids is 1. The minimum Gasteiger partial charge on any atom is -0.481 e. The monoisotopic (exact) mass is 267 g/mol. The van der Waals surface area contributed by atoms with Crippen molar-refractivity contribution in [2.45, 2.75) is 26.7 Å². The van der Waals surface area contributed by atoms with Crippen LogP contribution in [0.2, 0.25) is 0 Å². The van der Waals surface area contributed by atoms with Gasteiger partial charge in [-0.25, -0.2) is 4.39 Å². The van der Waals surface area contributed by atoms with Crippen LogP contribution in [0.5, 0.6) is 0 Å². The maximum absolute atomic E-state index is 12.7. The number of carbonyl (C=O) groups is 2. The molecule has 0 fully saturated rings. The zero-order valence-electron chi connectivity index (χ0n) is 11.1. The van der Waals surface area contributed by atoms with Gasteiger partial charge in [-0.1, -0.05) is 26.0 Å². The average molecular weight is 267 g/mol. The standard InChI is InChI=1S/C14H18FNO3/c1-14(2,9-12(17)18)13(19)16-8-7-10-3-5-11(15)6-4-10/h3-6H,7-9H2,1-2H3,(H,16,19)(H,17,18). The van der Waals surface area contributed by atoms with E-state index < -0.39 is 11.4 Å². The minimum absolute atomic E-state index is 0.213. The molecule has 0 saturated heterocycles. The van der Waals surface area contributed by atoms with Gasteiger partial charge in [-0.2, -0.15) is 0 Å². The highest BCUT2D eigenvalue weighted by Crippen LogP contribution is 2.20. The maximum atomic E-state index is 12.7. The summed E-state index contributed by atoms with van der Waals surface area (Å²) in [5.41, 5.74) is -0.0213. The third-order valence-corrected chi connectivity index (χ3v) is 2.82. The zero-order valence-corrected chi connectivity index (χ0v) is 11.1. The number of carbonyl (C=O) groups excluding carboxylic acids is 1. The van der Waals surface area contributed by atoms with Crippen molar-refractivity contribution in [3.05, 3.63) is 35.6 Å². The van der Waals surface area contributed by atoms with Gasteiger partial charge in [0.1, 0.15) is 5.82 Å². The van der Waals surface area contributed by atoms with Crippen LogP contribution in [-0.2, 0) is 16.0 Å². The van der Waals surface area contributed by atoms with Crippen molar-refractivity contribution < 1.29 is 19.1 Å². The van der Waals surface area contributed by atoms with Crippen molar-refractivity contribution in [1.29, 1.82) is 0 Å². The van der Waals surface area contributed by atoms with Gasteiger partial charge in [-0.15, -0.1) is 0 Å². The van der Waals surface area contributed by atoms with Crippen LogP contribution in [0.1, 0.15) is 25.8 Å². The van der Waals surface area contributed by atoms with Gasteiger partial charge < -0.3 is 10.4 Å². The van der Waals surface area contributed by atoms with Crippen molar-refractivity contribution in [2.24, 2.45) is 5.41 Å². The molecule has 0 radical (unpaired) electrons. The van der Waals surface area contributed by atoms with E-state index in [2.05, 4.69) is 5.32 Å². The Morgan fingerprint density at radius 2 is 1.84 bits per heavy atom. The van der Waals surface area contributed by atoms with Gasteiger partial charge in [0.2, 0.25) is 5.91 Å². The Balaban J connectivity index is 2.42. The number of amides is 1. The van der Waals surface area contributed by atoms with Crippen LogP contribution in [0.15, 0.2) is 24.3 Å². The van der Waals surface area contributed by atoms with E-state index in [0.29, 0.717) is 13.0 Å². The van der Waals surface area contributed by atoms with Crippen LogP contribution in [0.25, 0.3) is 0 Å². The SMILES string of the molecule is CC(C)(CC(=O)O)C(=O)NCCc1ccc(F)cc1. The summed E-state index contributed by atoms with van der Waals surface area (Å²) in [5, 5.41) is 11.4. The predicted octanol–water partition coefficient (Wildman–Crippen LogP) is 1.99. The number of rotatable bonds is 6. The second kappa shape index (κ2) is 6.31. The fourth-order valence-electron chi connectivity index (χ4n) is 1.67. The molecule has 5 heteroatoms. The molecular formula is C14H18FNO3. The largest absolute Gasteiger partial charge is 0.481 e. The molecule has 104 valence electrons. The smallest absolute Gasteiger partial charge is 0.304 e. The summed E-state index contributed by atoms with van der Waals surface area (Å²) in [5.74, 6) is -1.59. The third kappa shape index (κ3) is 5.07. The van der Waals surface area contributed by atoms with Gasteiger partial charge in [-0.3, -0.25) is 9.59 Å². The van der Waals surface area contributed by atoms with Crippen LogP contribution in [0, 0.1) is 11.2 Å². The normalized spacial score (nSPS) is 11.1. The molecule has 0 unspecified atom stereocenters. The Hall–Kier alpha value is -1.91. The molecule has 4 nitrogen and oxygen atoms in total. The van der Waals surface area contributed by atoms with Crippen LogP contribution in [0.3, 0.4) is 0 Å². The third-order valence-electron chi connectivity index (χ3n) is 2.82. The number of aliphatic carboxylic acids is 1. The molecule has 0 atom stereocenters. The van der Waals surface area contributed by atoms with E-state index in [1.807, 2.05) is 0 Å². The Morgan fingerprint density at radius 1 is 1.26 bits per heavy atom. The molecule has 19 heavy (non-hydrogen) atoms. The zero-order chi connectivity index (χ0) is 14.5. The number of hydrogen-bond donors (Lipinski definition) is 2. The van der Waals surface area contributed by atoms with Crippen molar-refractivity contribution in [1.82, 2.24) is 5.32 Å². The maximum Gasteiger partial charge on any atom is 0.304 e. The molecular weight excluding hydrogens is 249 g/mol. The van der Waals surface area contributed by atoms with Crippen molar-refractivity contribution in [3.8, 4) is 0 Å². The molecule has 0 bridgehead atoms. The van der Waals surface area contributed by atoms with E-state index in [1.54, 1.807) is 26.0 Å². The second-order valence-electron chi connectivity index (χ2n) is 5.09. The van der Waals surface area contributed by atoms with Gasteiger partial charge in [0, 0.05) is 6.54 Å². The molecule has 2 N–H and O–H groups in total. The van der Waals surface area contributed by atoms with Crippen molar-refractivity contribution >= 4 is 11.9 Å². The molecule has 1 aromatic rings. The summed E-state index contributed by atoms with van der Waals surface area (Å²) < 4.78 is 12.7. The summed E-state index contributed by atoms with van der Waals surface area (Å²) in [7, 11) is 0. The van der Waals surface area contributed by atoms with Crippen molar-refractivity contribution in [2.75, 3.05) is 6.54 Å². The highest BCUT2D eigenvalue weighted by molar-refractivity contribution is 5.86. The first-order valence-corrected chi connectivity index (χ1v) is 6.06. The summed E-state index contributed by atoms with van der Waals surface area (Å²) in [6.45, 7) is 3.58. The number of halogens is 1. The fraction of sp³-hybridized carbons (Fsp3) is 0.429. The number of hydrogen-bond acceptors (Lipinski definition) is 2. The second-order valence-corrected chi connectivity index (χ2v) is 5.09. The number of nitrogens with one attached hydrogen (secondary N) is 1. The summed E-state index contributed by atoms with van der Waals surface area (Å²) in [4.78, 5) is 22.4. The van der Waals surface area contributed by atoms with Crippen LogP contribution >= 0.6 is 0 Å². The first-order chi connectivity index (χ1) is 8.81. The molecule has 1 rings (SSSR count). The topological polar surface area (TPSA) is 66.4 Å². The fourth-order valence-corrected chi connectivity index (χ4v) is 1.67. The van der Waals surface area contributed by atoms with Gasteiger partial charge in [0.05, 0.1) is 11.8 Å². The summed E-state index contributed by atoms with van der Waals surface area (Å²) >= 11 is 0. The molecule has 1 aromatic carbocycles. The lowest BCUT2D eigenvalue weighted by Crippen LogP contribution is -2.39. The lowest BCUT2D eigenvalue weighted by Gasteiger charge is -2.21. The first-order valence-electron chi connectivity index (χ1n) is 6.06. The van der Waals surface area contributed by atoms with Crippen LogP contribution in [0.4, 0.5) is 4.39 Å². The van der Waals surface area contributed by atoms with Crippen LogP contribution < -0.4 is 5.32 Å². The van der Waals surface area contributed by atoms with E-state index in [1.165, 1.54) is 12.1 Å². The molecule has 0 aliphatic heterocycles. The van der Waals surface area contributed by atoms with Gasteiger partial charge in [0.15, 0.2) is 0 Å². The molecule has 0 heterocycles. The van der Waals surface area contributed by atoms with Gasteiger partial charge >= 0.3 is 5.97 Å². The lowest BCUT2D eigenvalue weighted by molar-refractivity contribution is -0.144. The quantitative estimate of drug-likeness (QED) is 0.828. The number of benzene rings is 1. The van der Waals surface area contributed by atoms with Crippen molar-refractivity contribution in [3.63, 3.8) is 0 Å². The lowest BCUT2D eigenvalue weighted by atomic mass is 9.88. The Kier molecular flexibility index (Phi) is 5.03. The van der Waals surface area contributed by atoms with E-state index in [0.717, 1.165) is 5.56 Å². The molecule has 0 spiro atoms. The summed E-state index contributed by atoms with van der Waals surface area (Å²) in [6, 6.07) is 6.05. The highest BCUT2D eigenvalue weighted by atomic mass is 19.1. The highest BCUT2D eigenvalue weighted by Gasteiger charge is 2.29. The van der Waals surface area contributed by atoms with E-state index in [4.69, 9.17) is 5.11 Å². The molecule has 0 saturated carbocycles. The van der Waals surface area contributed by atoms with E-state index >= 15 is 0 Å². The van der Waals surface area contributed by atoms with E-state index in [-0.39, 0.29) is 18.1 Å². The Bertz CT molecular complexity index is 454. The number of carboxylic acid groups (broad SMARTS) is 1. The summed E-state index contributed by atoms with van der Waals surface area (Å²) in [6.07, 6.45) is 0.366. The molecule has 1 amide bonds. The van der Waals surface area contributed by atoms with Gasteiger partial charge in [-0.05, 0) is 24.1 Å². The van der Waals surface area contributed by atoms with Gasteiger partial charge in [0.25, 0.3) is 0 Å². The Labute approximate surface area is 111 Å². The van der Waals surface area contributed by atoms with E-state index in [9.17, 15) is 14.0 Å². The molecule has 0 aromatic heterocycles.